The Bertz CT molecular complexity index is 110. The van der Waals surface area contributed by atoms with Crippen LogP contribution in [0.15, 0.2) is 4.99 Å². The molecule has 4 nitrogen and oxygen atoms in total. The number of hydrogen-bond donors (Lipinski definition) is 3. The highest BCUT2D eigenvalue weighted by molar-refractivity contribution is 5.59. The van der Waals surface area contributed by atoms with E-state index in [0.717, 1.165) is 19.6 Å². The molecule has 1 heterocycles. The molecule has 4 heteroatoms. The standard InChI is InChI=1S/C8H18N4/c1-2-4-9-6-7-10-8-12-11-5-3-1/h7,9,11-12H,1-6,8H2. The molecular weight excluding hydrogens is 152 g/mol. The van der Waals surface area contributed by atoms with Crippen molar-refractivity contribution >= 4 is 6.21 Å². The minimum absolute atomic E-state index is 0.668. The quantitative estimate of drug-likeness (QED) is 0.475. The van der Waals surface area contributed by atoms with Gasteiger partial charge in [-0.3, -0.25) is 10.4 Å². The third-order valence-corrected chi connectivity index (χ3v) is 1.82. The van der Waals surface area contributed by atoms with Gasteiger partial charge >= 0.3 is 0 Å². The SMILES string of the molecule is C1=NCNNCCCCCNC1. The predicted molar refractivity (Wildman–Crippen MR) is 51.2 cm³/mol. The zero-order valence-electron chi connectivity index (χ0n) is 7.47. The largest absolute Gasteiger partial charge is 0.312 e. The van der Waals surface area contributed by atoms with Crippen molar-refractivity contribution in [3.05, 3.63) is 0 Å². The first-order valence-electron chi connectivity index (χ1n) is 4.65. The van der Waals surface area contributed by atoms with Crippen molar-refractivity contribution in [2.75, 3.05) is 26.3 Å². The van der Waals surface area contributed by atoms with Gasteiger partial charge in [0, 0.05) is 19.3 Å². The topological polar surface area (TPSA) is 48.5 Å². The first-order valence-corrected chi connectivity index (χ1v) is 4.65. The van der Waals surface area contributed by atoms with E-state index in [1.807, 2.05) is 6.21 Å². The maximum absolute atomic E-state index is 4.14. The van der Waals surface area contributed by atoms with Crippen molar-refractivity contribution in [2.24, 2.45) is 4.99 Å². The molecule has 0 saturated carbocycles. The normalized spacial score (nSPS) is 22.7. The zero-order chi connectivity index (χ0) is 8.49. The van der Waals surface area contributed by atoms with Gasteiger partial charge in [-0.15, -0.1) is 0 Å². The number of aliphatic imine (C=N–C) groups is 1. The van der Waals surface area contributed by atoms with E-state index in [4.69, 9.17) is 0 Å². The summed E-state index contributed by atoms with van der Waals surface area (Å²) in [4.78, 5) is 4.14. The van der Waals surface area contributed by atoms with Gasteiger partial charge in [0.05, 0.1) is 0 Å². The highest BCUT2D eigenvalue weighted by atomic mass is 15.4. The average molecular weight is 170 g/mol. The van der Waals surface area contributed by atoms with Crippen molar-refractivity contribution in [1.82, 2.24) is 16.2 Å². The summed E-state index contributed by atoms with van der Waals surface area (Å²) in [6.07, 6.45) is 5.70. The molecule has 1 rings (SSSR count). The van der Waals surface area contributed by atoms with Gasteiger partial charge in [-0.1, -0.05) is 6.42 Å². The number of hydrazine groups is 1. The van der Waals surface area contributed by atoms with Crippen molar-refractivity contribution in [2.45, 2.75) is 19.3 Å². The van der Waals surface area contributed by atoms with E-state index in [1.165, 1.54) is 19.3 Å². The number of nitrogens with zero attached hydrogens (tertiary/aromatic N) is 1. The molecular formula is C8H18N4. The molecule has 12 heavy (non-hydrogen) atoms. The molecule has 0 atom stereocenters. The van der Waals surface area contributed by atoms with E-state index in [2.05, 4.69) is 21.2 Å². The summed E-state index contributed by atoms with van der Waals surface area (Å²) in [5.74, 6) is 0. The molecule has 0 aliphatic carbocycles. The van der Waals surface area contributed by atoms with Crippen LogP contribution in [0.1, 0.15) is 19.3 Å². The number of rotatable bonds is 0. The molecule has 1 aliphatic rings. The lowest BCUT2D eigenvalue weighted by molar-refractivity contribution is 0.509. The Balaban J connectivity index is 2.10. The molecule has 0 saturated heterocycles. The van der Waals surface area contributed by atoms with Crippen LogP contribution in [-0.2, 0) is 0 Å². The zero-order valence-corrected chi connectivity index (χ0v) is 7.47. The van der Waals surface area contributed by atoms with E-state index in [9.17, 15) is 0 Å². The molecule has 1 aliphatic heterocycles. The van der Waals surface area contributed by atoms with E-state index in [-0.39, 0.29) is 0 Å². The Hall–Kier alpha value is -0.450. The van der Waals surface area contributed by atoms with Crippen LogP contribution in [0, 0.1) is 0 Å². The molecule has 70 valence electrons. The second-order valence-electron chi connectivity index (χ2n) is 2.89. The van der Waals surface area contributed by atoms with Gasteiger partial charge < -0.3 is 5.32 Å². The van der Waals surface area contributed by atoms with E-state index < -0.39 is 0 Å². The first-order chi connectivity index (χ1) is 6.00. The maximum Gasteiger partial charge on any atom is 0.101 e. The van der Waals surface area contributed by atoms with Gasteiger partial charge in [-0.05, 0) is 19.4 Å². The van der Waals surface area contributed by atoms with Gasteiger partial charge in [0.15, 0.2) is 0 Å². The van der Waals surface area contributed by atoms with Crippen molar-refractivity contribution < 1.29 is 0 Å². The summed E-state index contributed by atoms with van der Waals surface area (Å²) in [5, 5.41) is 3.31. The Morgan fingerprint density at radius 3 is 2.92 bits per heavy atom. The van der Waals surface area contributed by atoms with Crippen LogP contribution < -0.4 is 16.2 Å². The lowest BCUT2D eigenvalue weighted by Gasteiger charge is -2.06. The molecule has 0 unspecified atom stereocenters. The minimum atomic E-state index is 0.668. The molecule has 0 aromatic heterocycles. The van der Waals surface area contributed by atoms with Crippen LogP contribution >= 0.6 is 0 Å². The van der Waals surface area contributed by atoms with Crippen LogP contribution in [0.4, 0.5) is 0 Å². The highest BCUT2D eigenvalue weighted by Gasteiger charge is 1.90. The molecule has 0 aromatic rings. The third kappa shape index (κ3) is 5.23. The fourth-order valence-corrected chi connectivity index (χ4v) is 1.13. The Kier molecular flexibility index (Phi) is 5.79. The molecule has 3 N–H and O–H groups in total. The summed E-state index contributed by atoms with van der Waals surface area (Å²) in [7, 11) is 0. The molecule has 0 spiro atoms. The summed E-state index contributed by atoms with van der Waals surface area (Å²) in [5.41, 5.74) is 6.15. The number of hydrogen-bond acceptors (Lipinski definition) is 4. The second-order valence-corrected chi connectivity index (χ2v) is 2.89. The Morgan fingerprint density at radius 2 is 1.92 bits per heavy atom. The summed E-state index contributed by atoms with van der Waals surface area (Å²) < 4.78 is 0. The predicted octanol–water partition coefficient (Wildman–Crippen LogP) is -0.118. The Morgan fingerprint density at radius 1 is 1.00 bits per heavy atom. The van der Waals surface area contributed by atoms with Gasteiger partial charge in [0.25, 0.3) is 0 Å². The smallest absolute Gasteiger partial charge is 0.101 e. The fourth-order valence-electron chi connectivity index (χ4n) is 1.13. The Labute approximate surface area is 73.8 Å². The van der Waals surface area contributed by atoms with Crippen molar-refractivity contribution in [3.63, 3.8) is 0 Å². The highest BCUT2D eigenvalue weighted by Crippen LogP contribution is 1.91. The second kappa shape index (κ2) is 7.21. The summed E-state index contributed by atoms with van der Waals surface area (Å²) in [6.45, 7) is 3.71. The molecule has 0 aromatic carbocycles. The van der Waals surface area contributed by atoms with Crippen LogP contribution in [0.2, 0.25) is 0 Å². The number of nitrogens with one attached hydrogen (secondary N) is 3. The molecule has 0 bridgehead atoms. The third-order valence-electron chi connectivity index (χ3n) is 1.82. The minimum Gasteiger partial charge on any atom is -0.312 e. The van der Waals surface area contributed by atoms with Crippen LogP contribution in [0.3, 0.4) is 0 Å². The first kappa shape index (κ1) is 9.64. The van der Waals surface area contributed by atoms with E-state index in [1.54, 1.807) is 0 Å². The average Bonchev–Trinajstić information content (AvgIpc) is 2.05. The molecule has 0 fully saturated rings. The lowest BCUT2D eigenvalue weighted by atomic mass is 10.2. The van der Waals surface area contributed by atoms with Gasteiger partial charge in [0.2, 0.25) is 0 Å². The lowest BCUT2D eigenvalue weighted by Crippen LogP contribution is -2.33. The maximum atomic E-state index is 4.14. The van der Waals surface area contributed by atoms with Crippen molar-refractivity contribution in [3.8, 4) is 0 Å². The monoisotopic (exact) mass is 170 g/mol. The van der Waals surface area contributed by atoms with Crippen LogP contribution in [0.5, 0.6) is 0 Å². The summed E-state index contributed by atoms with van der Waals surface area (Å²) in [6, 6.07) is 0. The van der Waals surface area contributed by atoms with Gasteiger partial charge in [0.1, 0.15) is 6.67 Å². The van der Waals surface area contributed by atoms with Gasteiger partial charge in [-0.2, -0.15) is 0 Å². The summed E-state index contributed by atoms with van der Waals surface area (Å²) >= 11 is 0. The molecule has 0 radical (unpaired) electrons. The van der Waals surface area contributed by atoms with Crippen molar-refractivity contribution in [1.29, 1.82) is 0 Å². The van der Waals surface area contributed by atoms with Crippen LogP contribution in [-0.4, -0.2) is 32.5 Å². The van der Waals surface area contributed by atoms with Gasteiger partial charge in [-0.25, -0.2) is 5.43 Å². The van der Waals surface area contributed by atoms with E-state index in [0.29, 0.717) is 6.67 Å². The molecule has 0 amide bonds. The van der Waals surface area contributed by atoms with E-state index >= 15 is 0 Å². The fraction of sp³-hybridized carbons (Fsp3) is 0.875. The van der Waals surface area contributed by atoms with Crippen LogP contribution in [0.25, 0.3) is 0 Å².